The lowest BCUT2D eigenvalue weighted by molar-refractivity contribution is -0.384. The number of nitrogens with one attached hydrogen (secondary N) is 1. The first kappa shape index (κ1) is 13.2. The van der Waals surface area contributed by atoms with E-state index in [1.165, 1.54) is 12.1 Å². The van der Waals surface area contributed by atoms with Crippen molar-refractivity contribution in [1.29, 1.82) is 0 Å². The molecule has 0 spiro atoms. The number of rotatable bonds is 6. The zero-order chi connectivity index (χ0) is 13.7. The van der Waals surface area contributed by atoms with Crippen LogP contribution >= 0.6 is 0 Å². The Labute approximate surface area is 111 Å². The Kier molecular flexibility index (Phi) is 4.25. The van der Waals surface area contributed by atoms with Gasteiger partial charge in [0.05, 0.1) is 10.6 Å². The van der Waals surface area contributed by atoms with Gasteiger partial charge in [-0.25, -0.2) is 0 Å². The Bertz CT molecular complexity index is 548. The molecule has 0 unspecified atom stereocenters. The third-order valence-electron chi connectivity index (χ3n) is 2.97. The van der Waals surface area contributed by atoms with E-state index < -0.39 is 0 Å². The largest absolute Gasteiger partial charge is 0.311 e. The van der Waals surface area contributed by atoms with Crippen molar-refractivity contribution in [1.82, 2.24) is 15.1 Å². The van der Waals surface area contributed by atoms with E-state index in [0.717, 1.165) is 30.8 Å². The van der Waals surface area contributed by atoms with Crippen molar-refractivity contribution in [3.05, 3.63) is 57.9 Å². The third kappa shape index (κ3) is 3.62. The average Bonchev–Trinajstić information content (AvgIpc) is 2.81. The Balaban J connectivity index is 1.76. The molecular weight excluding hydrogens is 244 g/mol. The maximum absolute atomic E-state index is 10.5. The summed E-state index contributed by atoms with van der Waals surface area (Å²) in [5, 5.41) is 17.9. The lowest BCUT2D eigenvalue weighted by Gasteiger charge is -2.05. The second-order valence-corrected chi connectivity index (χ2v) is 4.30. The van der Waals surface area contributed by atoms with Crippen LogP contribution in [0.4, 0.5) is 5.69 Å². The smallest absolute Gasteiger partial charge is 0.269 e. The number of aromatic nitrogens is 2. The van der Waals surface area contributed by atoms with Crippen LogP contribution < -0.4 is 5.32 Å². The van der Waals surface area contributed by atoms with Crippen LogP contribution in [-0.2, 0) is 20.0 Å². The van der Waals surface area contributed by atoms with Crippen LogP contribution in [0, 0.1) is 10.1 Å². The Morgan fingerprint density at radius 2 is 2.05 bits per heavy atom. The van der Waals surface area contributed by atoms with Gasteiger partial charge >= 0.3 is 0 Å². The number of hydrogen-bond donors (Lipinski definition) is 1. The lowest BCUT2D eigenvalue weighted by atomic mass is 10.1. The molecule has 0 saturated carbocycles. The molecule has 100 valence electrons. The molecule has 1 heterocycles. The fraction of sp³-hybridized carbons (Fsp3) is 0.308. The van der Waals surface area contributed by atoms with Gasteiger partial charge in [-0.2, -0.15) is 5.10 Å². The number of nitro benzene ring substituents is 1. The first-order valence-electron chi connectivity index (χ1n) is 6.08. The zero-order valence-electron chi connectivity index (χ0n) is 10.7. The molecule has 6 nitrogen and oxygen atoms in total. The molecule has 1 aromatic carbocycles. The summed E-state index contributed by atoms with van der Waals surface area (Å²) in [4.78, 5) is 10.1. The van der Waals surface area contributed by atoms with E-state index in [4.69, 9.17) is 0 Å². The van der Waals surface area contributed by atoms with Crippen LogP contribution in [0.2, 0.25) is 0 Å². The number of hydrogen-bond acceptors (Lipinski definition) is 4. The van der Waals surface area contributed by atoms with Crippen LogP contribution in [0.5, 0.6) is 0 Å². The summed E-state index contributed by atoms with van der Waals surface area (Å²) in [6, 6.07) is 8.64. The molecule has 19 heavy (non-hydrogen) atoms. The highest BCUT2D eigenvalue weighted by Gasteiger charge is 2.03. The van der Waals surface area contributed by atoms with Gasteiger partial charge < -0.3 is 5.32 Å². The Morgan fingerprint density at radius 3 is 2.63 bits per heavy atom. The summed E-state index contributed by atoms with van der Waals surface area (Å²) >= 11 is 0. The summed E-state index contributed by atoms with van der Waals surface area (Å²) in [6.07, 6.45) is 2.61. The Morgan fingerprint density at radius 1 is 1.32 bits per heavy atom. The molecule has 2 rings (SSSR count). The molecule has 0 aliphatic rings. The van der Waals surface area contributed by atoms with E-state index >= 15 is 0 Å². The van der Waals surface area contributed by atoms with Crippen molar-refractivity contribution in [2.24, 2.45) is 7.05 Å². The molecule has 6 heteroatoms. The fourth-order valence-corrected chi connectivity index (χ4v) is 1.81. The van der Waals surface area contributed by atoms with E-state index in [9.17, 15) is 10.1 Å². The maximum atomic E-state index is 10.5. The normalized spacial score (nSPS) is 10.6. The fourth-order valence-electron chi connectivity index (χ4n) is 1.81. The Hall–Kier alpha value is -2.21. The molecule has 2 aromatic rings. The van der Waals surface area contributed by atoms with Crippen molar-refractivity contribution in [3.63, 3.8) is 0 Å². The third-order valence-corrected chi connectivity index (χ3v) is 2.97. The van der Waals surface area contributed by atoms with Crippen molar-refractivity contribution < 1.29 is 4.92 Å². The highest BCUT2D eigenvalue weighted by atomic mass is 16.6. The van der Waals surface area contributed by atoms with Gasteiger partial charge in [0.2, 0.25) is 0 Å². The highest BCUT2D eigenvalue weighted by Crippen LogP contribution is 2.11. The molecule has 0 atom stereocenters. The molecule has 0 aliphatic carbocycles. The minimum atomic E-state index is -0.384. The molecular formula is C13H16N4O2. The summed E-state index contributed by atoms with van der Waals surface area (Å²) in [6.45, 7) is 1.59. The van der Waals surface area contributed by atoms with Crippen molar-refractivity contribution in [2.75, 3.05) is 6.54 Å². The van der Waals surface area contributed by atoms with Gasteiger partial charge in [-0.05, 0) is 24.6 Å². The van der Waals surface area contributed by atoms with Gasteiger partial charge in [0.25, 0.3) is 5.69 Å². The quantitative estimate of drug-likeness (QED) is 0.487. The van der Waals surface area contributed by atoms with E-state index in [1.54, 1.807) is 18.3 Å². The van der Waals surface area contributed by atoms with Crippen molar-refractivity contribution in [3.8, 4) is 0 Å². The molecule has 0 amide bonds. The van der Waals surface area contributed by atoms with Gasteiger partial charge in [-0.1, -0.05) is 12.1 Å². The predicted molar refractivity (Wildman–Crippen MR) is 71.7 cm³/mol. The van der Waals surface area contributed by atoms with Gasteiger partial charge in [0, 0.05) is 31.9 Å². The molecule has 0 bridgehead atoms. The van der Waals surface area contributed by atoms with Crippen molar-refractivity contribution >= 4 is 5.69 Å². The maximum Gasteiger partial charge on any atom is 0.269 e. The molecule has 0 fully saturated rings. The number of benzene rings is 1. The summed E-state index contributed by atoms with van der Waals surface area (Å²) < 4.78 is 1.83. The van der Waals surface area contributed by atoms with Gasteiger partial charge in [0.15, 0.2) is 0 Å². The molecule has 0 radical (unpaired) electrons. The number of non-ortho nitro benzene ring substituents is 1. The molecule has 0 saturated heterocycles. The molecule has 0 aliphatic heterocycles. The monoisotopic (exact) mass is 260 g/mol. The second-order valence-electron chi connectivity index (χ2n) is 4.30. The topological polar surface area (TPSA) is 73.0 Å². The van der Waals surface area contributed by atoms with E-state index in [0.29, 0.717) is 0 Å². The van der Waals surface area contributed by atoms with Crippen LogP contribution in [-0.4, -0.2) is 21.2 Å². The SMILES string of the molecule is Cn1nccc1CNCCc1ccc([N+](=O)[O-])cc1. The number of nitrogens with zero attached hydrogens (tertiary/aromatic N) is 3. The standard InChI is InChI=1S/C13H16N4O2/c1-16-13(7-9-15-16)10-14-8-6-11-2-4-12(5-3-11)17(18)19/h2-5,7,9,14H,6,8,10H2,1H3. The van der Waals surface area contributed by atoms with Crippen LogP contribution in [0.15, 0.2) is 36.5 Å². The minimum absolute atomic E-state index is 0.131. The van der Waals surface area contributed by atoms with Gasteiger partial charge in [-0.3, -0.25) is 14.8 Å². The van der Waals surface area contributed by atoms with Crippen LogP contribution in [0.25, 0.3) is 0 Å². The van der Waals surface area contributed by atoms with Crippen molar-refractivity contribution in [2.45, 2.75) is 13.0 Å². The summed E-state index contributed by atoms with van der Waals surface area (Å²) in [7, 11) is 1.91. The second kappa shape index (κ2) is 6.10. The molecule has 1 aromatic heterocycles. The number of nitro groups is 1. The van der Waals surface area contributed by atoms with Gasteiger partial charge in [0.1, 0.15) is 0 Å². The van der Waals surface area contributed by atoms with Crippen LogP contribution in [0.1, 0.15) is 11.3 Å². The summed E-state index contributed by atoms with van der Waals surface area (Å²) in [5.74, 6) is 0. The predicted octanol–water partition coefficient (Wildman–Crippen LogP) is 1.66. The van der Waals surface area contributed by atoms with Gasteiger partial charge in [-0.15, -0.1) is 0 Å². The first-order valence-corrected chi connectivity index (χ1v) is 6.08. The van der Waals surface area contributed by atoms with E-state index in [2.05, 4.69) is 10.4 Å². The number of aryl methyl sites for hydroxylation is 1. The zero-order valence-corrected chi connectivity index (χ0v) is 10.7. The summed E-state index contributed by atoms with van der Waals surface area (Å²) in [5.41, 5.74) is 2.35. The van der Waals surface area contributed by atoms with Crippen LogP contribution in [0.3, 0.4) is 0 Å². The molecule has 1 N–H and O–H groups in total. The van der Waals surface area contributed by atoms with E-state index in [-0.39, 0.29) is 10.6 Å². The lowest BCUT2D eigenvalue weighted by Crippen LogP contribution is -2.18. The first-order chi connectivity index (χ1) is 9.16. The highest BCUT2D eigenvalue weighted by molar-refractivity contribution is 5.32. The van der Waals surface area contributed by atoms with E-state index in [1.807, 2.05) is 17.8 Å². The average molecular weight is 260 g/mol. The minimum Gasteiger partial charge on any atom is -0.311 e.